The number of hydrogen-bond donors (Lipinski definition) is 3. The van der Waals surface area contributed by atoms with Crippen molar-refractivity contribution in [3.63, 3.8) is 0 Å². The van der Waals surface area contributed by atoms with Gasteiger partial charge in [0.2, 0.25) is 0 Å². The molecule has 2 rings (SSSR count). The normalized spacial score (nSPS) is 16.7. The second-order valence-electron chi connectivity index (χ2n) is 5.92. The maximum Gasteiger partial charge on any atom is 0.319 e. The predicted molar refractivity (Wildman–Crippen MR) is 87.2 cm³/mol. The minimum Gasteiger partial charge on any atom is -0.479 e. The van der Waals surface area contributed by atoms with Gasteiger partial charge in [-0.3, -0.25) is 0 Å². The Hall–Kier alpha value is -2.26. The van der Waals surface area contributed by atoms with Crippen molar-refractivity contribution in [2.75, 3.05) is 18.5 Å². The number of amides is 2. The van der Waals surface area contributed by atoms with Crippen LogP contribution in [0.15, 0.2) is 24.3 Å². The van der Waals surface area contributed by atoms with Gasteiger partial charge in [-0.05, 0) is 37.1 Å². The van der Waals surface area contributed by atoms with Crippen molar-refractivity contribution in [3.05, 3.63) is 24.3 Å². The zero-order chi connectivity index (χ0) is 16.5. The third-order valence-corrected chi connectivity index (χ3v) is 4.03. The fourth-order valence-corrected chi connectivity index (χ4v) is 2.73. The standard InChI is InChI=1S/C17H23N3O3/c18-11-12-23-15-7-5-14(6-8-15)20-16(21)19-13-17(22)9-3-1-2-4-10-17/h5-8,22H,1-4,9-10,12-13H2,(H2,19,20,21). The van der Waals surface area contributed by atoms with Gasteiger partial charge in [-0.15, -0.1) is 0 Å². The number of hydrogen-bond acceptors (Lipinski definition) is 4. The van der Waals surface area contributed by atoms with E-state index >= 15 is 0 Å². The maximum absolute atomic E-state index is 11.9. The van der Waals surface area contributed by atoms with Crippen molar-refractivity contribution < 1.29 is 14.6 Å². The number of carbonyl (C=O) groups is 1. The van der Waals surface area contributed by atoms with Gasteiger partial charge in [0, 0.05) is 12.2 Å². The first-order chi connectivity index (χ1) is 11.1. The Morgan fingerprint density at radius 3 is 2.48 bits per heavy atom. The lowest BCUT2D eigenvalue weighted by Gasteiger charge is -2.26. The highest BCUT2D eigenvalue weighted by Gasteiger charge is 2.28. The molecule has 0 spiro atoms. The average molecular weight is 317 g/mol. The van der Waals surface area contributed by atoms with E-state index in [0.29, 0.717) is 11.4 Å². The number of anilines is 1. The van der Waals surface area contributed by atoms with Gasteiger partial charge in [0.1, 0.15) is 11.8 Å². The van der Waals surface area contributed by atoms with Gasteiger partial charge in [-0.1, -0.05) is 25.7 Å². The number of rotatable bonds is 5. The lowest BCUT2D eigenvalue weighted by Crippen LogP contribution is -2.44. The van der Waals surface area contributed by atoms with E-state index in [0.717, 1.165) is 38.5 Å². The number of aliphatic hydroxyl groups is 1. The Kier molecular flexibility index (Phi) is 6.24. The lowest BCUT2D eigenvalue weighted by molar-refractivity contribution is 0.0281. The van der Waals surface area contributed by atoms with Gasteiger partial charge >= 0.3 is 6.03 Å². The quantitative estimate of drug-likeness (QED) is 0.728. The molecule has 6 heteroatoms. The van der Waals surface area contributed by atoms with E-state index < -0.39 is 5.60 Å². The molecule has 0 atom stereocenters. The molecule has 0 radical (unpaired) electrons. The van der Waals surface area contributed by atoms with Crippen LogP contribution in [0.25, 0.3) is 0 Å². The Morgan fingerprint density at radius 1 is 1.22 bits per heavy atom. The zero-order valence-electron chi connectivity index (χ0n) is 13.2. The molecule has 0 unspecified atom stereocenters. The topological polar surface area (TPSA) is 94.4 Å². The third-order valence-electron chi connectivity index (χ3n) is 4.03. The van der Waals surface area contributed by atoms with Gasteiger partial charge in [0.25, 0.3) is 0 Å². The first-order valence-electron chi connectivity index (χ1n) is 7.98. The van der Waals surface area contributed by atoms with Crippen molar-refractivity contribution in [2.24, 2.45) is 0 Å². The summed E-state index contributed by atoms with van der Waals surface area (Å²) in [6.45, 7) is 0.258. The van der Waals surface area contributed by atoms with Gasteiger partial charge < -0.3 is 20.5 Å². The van der Waals surface area contributed by atoms with Crippen LogP contribution in [0.4, 0.5) is 10.5 Å². The second-order valence-corrected chi connectivity index (χ2v) is 5.92. The fraction of sp³-hybridized carbons (Fsp3) is 0.529. The van der Waals surface area contributed by atoms with Crippen LogP contribution in [0, 0.1) is 11.3 Å². The van der Waals surface area contributed by atoms with Gasteiger partial charge in [0.15, 0.2) is 6.61 Å². The summed E-state index contributed by atoms with van der Waals surface area (Å²) in [5.41, 5.74) is -0.164. The number of benzene rings is 1. The fourth-order valence-electron chi connectivity index (χ4n) is 2.73. The van der Waals surface area contributed by atoms with Crippen molar-refractivity contribution in [1.82, 2.24) is 5.32 Å². The molecule has 0 aliphatic heterocycles. The molecule has 1 fully saturated rings. The summed E-state index contributed by atoms with van der Waals surface area (Å²) in [6, 6.07) is 8.33. The average Bonchev–Trinajstić information content (AvgIpc) is 2.78. The van der Waals surface area contributed by atoms with E-state index in [-0.39, 0.29) is 19.2 Å². The molecule has 1 aromatic carbocycles. The van der Waals surface area contributed by atoms with Gasteiger partial charge in [-0.25, -0.2) is 4.79 Å². The monoisotopic (exact) mass is 317 g/mol. The van der Waals surface area contributed by atoms with Crippen LogP contribution in [-0.2, 0) is 0 Å². The summed E-state index contributed by atoms with van der Waals surface area (Å²) in [4.78, 5) is 11.9. The van der Waals surface area contributed by atoms with Crippen molar-refractivity contribution >= 4 is 11.7 Å². The number of carbonyl (C=O) groups excluding carboxylic acids is 1. The first kappa shape index (κ1) is 17.1. The molecule has 2 amide bonds. The number of urea groups is 1. The summed E-state index contributed by atoms with van der Waals surface area (Å²) < 4.78 is 5.14. The van der Waals surface area contributed by atoms with E-state index in [1.54, 1.807) is 24.3 Å². The maximum atomic E-state index is 11.9. The van der Waals surface area contributed by atoms with Crippen LogP contribution >= 0.6 is 0 Å². The Morgan fingerprint density at radius 2 is 1.87 bits per heavy atom. The molecule has 1 aliphatic rings. The van der Waals surface area contributed by atoms with Crippen LogP contribution < -0.4 is 15.4 Å². The van der Waals surface area contributed by atoms with Crippen molar-refractivity contribution in [3.8, 4) is 11.8 Å². The largest absolute Gasteiger partial charge is 0.479 e. The highest BCUT2D eigenvalue weighted by molar-refractivity contribution is 5.89. The first-order valence-corrected chi connectivity index (χ1v) is 7.98. The molecule has 6 nitrogen and oxygen atoms in total. The van der Waals surface area contributed by atoms with E-state index in [1.165, 1.54) is 0 Å². The Labute approximate surface area is 136 Å². The van der Waals surface area contributed by atoms with Crippen LogP contribution in [0.2, 0.25) is 0 Å². The number of ether oxygens (including phenoxy) is 1. The summed E-state index contributed by atoms with van der Waals surface area (Å²) in [5, 5.41) is 24.4. The molecule has 23 heavy (non-hydrogen) atoms. The molecule has 1 saturated carbocycles. The van der Waals surface area contributed by atoms with E-state index in [9.17, 15) is 9.90 Å². The molecule has 0 heterocycles. The van der Waals surface area contributed by atoms with Crippen LogP contribution in [0.3, 0.4) is 0 Å². The smallest absolute Gasteiger partial charge is 0.319 e. The molecular weight excluding hydrogens is 294 g/mol. The lowest BCUT2D eigenvalue weighted by atomic mass is 9.95. The minimum absolute atomic E-state index is 0.00809. The van der Waals surface area contributed by atoms with E-state index in [2.05, 4.69) is 10.6 Å². The molecule has 124 valence electrons. The molecule has 1 aliphatic carbocycles. The van der Waals surface area contributed by atoms with Gasteiger partial charge in [-0.2, -0.15) is 5.26 Å². The van der Waals surface area contributed by atoms with Crippen LogP contribution in [0.5, 0.6) is 5.75 Å². The molecular formula is C17H23N3O3. The third kappa shape index (κ3) is 5.80. The SMILES string of the molecule is N#CCOc1ccc(NC(=O)NCC2(O)CCCCCC2)cc1. The number of nitriles is 1. The molecule has 0 saturated heterocycles. The Balaban J connectivity index is 1.79. The van der Waals surface area contributed by atoms with E-state index in [4.69, 9.17) is 10.00 Å². The minimum atomic E-state index is -0.789. The molecule has 1 aromatic rings. The van der Waals surface area contributed by atoms with E-state index in [1.807, 2.05) is 6.07 Å². The Bertz CT molecular complexity index is 543. The summed E-state index contributed by atoms with van der Waals surface area (Å²) in [6.07, 6.45) is 5.77. The zero-order valence-corrected chi connectivity index (χ0v) is 13.2. The van der Waals surface area contributed by atoms with Crippen LogP contribution in [0.1, 0.15) is 38.5 Å². The molecule has 0 bridgehead atoms. The molecule has 3 N–H and O–H groups in total. The van der Waals surface area contributed by atoms with Crippen LogP contribution in [-0.4, -0.2) is 29.9 Å². The van der Waals surface area contributed by atoms with Crippen molar-refractivity contribution in [2.45, 2.75) is 44.1 Å². The second kappa shape index (κ2) is 8.39. The summed E-state index contributed by atoms with van der Waals surface area (Å²) in [7, 11) is 0. The predicted octanol–water partition coefficient (Wildman–Crippen LogP) is 2.80. The summed E-state index contributed by atoms with van der Waals surface area (Å²) in [5.74, 6) is 0.574. The van der Waals surface area contributed by atoms with Crippen molar-refractivity contribution in [1.29, 1.82) is 5.26 Å². The number of nitrogens with one attached hydrogen (secondary N) is 2. The highest BCUT2D eigenvalue weighted by atomic mass is 16.5. The number of nitrogens with zero attached hydrogens (tertiary/aromatic N) is 1. The highest BCUT2D eigenvalue weighted by Crippen LogP contribution is 2.26. The molecule has 0 aromatic heterocycles. The summed E-state index contributed by atoms with van der Waals surface area (Å²) >= 11 is 0. The van der Waals surface area contributed by atoms with Gasteiger partial charge in [0.05, 0.1) is 5.60 Å².